The third-order valence-corrected chi connectivity index (χ3v) is 4.90. The number of aliphatic hydroxyl groups is 1. The zero-order valence-corrected chi connectivity index (χ0v) is 17.4. The van der Waals surface area contributed by atoms with E-state index >= 15 is 0 Å². The lowest BCUT2D eigenvalue weighted by Gasteiger charge is -2.24. The number of aromatic amines is 1. The Balaban J connectivity index is 2.25. The Morgan fingerprint density at radius 1 is 1.03 bits per heavy atom. The molecule has 9 heteroatoms. The number of nitrogens with one attached hydrogen (secondary N) is 4. The fraction of sp³-hybridized carbons (Fsp3) is 0.476. The number of rotatable bonds is 11. The molecule has 0 aliphatic carbocycles. The van der Waals surface area contributed by atoms with E-state index in [1.807, 2.05) is 38.1 Å². The minimum Gasteiger partial charge on any atom is -0.480 e. The zero-order valence-electron chi connectivity index (χ0n) is 17.4. The monoisotopic (exact) mass is 418 g/mol. The number of benzene rings is 1. The Hall–Kier alpha value is -2.91. The van der Waals surface area contributed by atoms with Gasteiger partial charge in [0.2, 0.25) is 11.8 Å². The number of aliphatic carboxylic acids is 1. The summed E-state index contributed by atoms with van der Waals surface area (Å²) in [5.74, 6) is -2.10. The largest absolute Gasteiger partial charge is 0.480 e. The van der Waals surface area contributed by atoms with Crippen molar-refractivity contribution in [2.75, 3.05) is 13.7 Å². The molecule has 0 saturated heterocycles. The molecule has 0 spiro atoms. The minimum absolute atomic E-state index is 0.164. The van der Waals surface area contributed by atoms with Crippen molar-refractivity contribution in [2.24, 2.45) is 5.92 Å². The SMILES string of the molecule is CN[C@@H](CC(C)C)C(=O)N[C@@H](Cc1c[nH]c2ccccc12)C(=O)N[C@@H](CO)C(=O)O. The van der Waals surface area contributed by atoms with Crippen LogP contribution in [0.5, 0.6) is 0 Å². The molecule has 0 unspecified atom stereocenters. The van der Waals surface area contributed by atoms with Gasteiger partial charge in [-0.3, -0.25) is 9.59 Å². The number of carbonyl (C=O) groups excluding carboxylic acids is 2. The van der Waals surface area contributed by atoms with E-state index in [2.05, 4.69) is 20.9 Å². The first-order valence-corrected chi connectivity index (χ1v) is 9.93. The summed E-state index contributed by atoms with van der Waals surface area (Å²) in [6.45, 7) is 3.24. The van der Waals surface area contributed by atoms with E-state index in [1.54, 1.807) is 13.2 Å². The molecule has 2 amide bonds. The Kier molecular flexibility index (Phi) is 8.37. The summed E-state index contributed by atoms with van der Waals surface area (Å²) in [7, 11) is 1.67. The molecule has 9 nitrogen and oxygen atoms in total. The Labute approximate surface area is 175 Å². The van der Waals surface area contributed by atoms with Gasteiger partial charge in [0.05, 0.1) is 12.6 Å². The fourth-order valence-electron chi connectivity index (χ4n) is 3.29. The van der Waals surface area contributed by atoms with Crippen LogP contribution in [0.2, 0.25) is 0 Å². The fourth-order valence-corrected chi connectivity index (χ4v) is 3.29. The molecule has 164 valence electrons. The first-order chi connectivity index (χ1) is 14.3. The second-order valence-corrected chi connectivity index (χ2v) is 7.68. The number of carboxylic acids is 1. The van der Waals surface area contributed by atoms with Crippen LogP contribution >= 0.6 is 0 Å². The van der Waals surface area contributed by atoms with E-state index in [0.717, 1.165) is 16.5 Å². The normalized spacial score (nSPS) is 14.3. The van der Waals surface area contributed by atoms with Crippen LogP contribution in [0, 0.1) is 5.92 Å². The molecule has 0 aliphatic rings. The number of likely N-dealkylation sites (N-methyl/N-ethyl adjacent to an activating group) is 1. The predicted molar refractivity (Wildman–Crippen MR) is 113 cm³/mol. The van der Waals surface area contributed by atoms with Crippen LogP contribution in [0.4, 0.5) is 0 Å². The van der Waals surface area contributed by atoms with E-state index in [1.165, 1.54) is 0 Å². The molecule has 1 heterocycles. The Morgan fingerprint density at radius 2 is 1.67 bits per heavy atom. The maximum atomic E-state index is 12.8. The number of para-hydroxylation sites is 1. The van der Waals surface area contributed by atoms with Crippen LogP contribution in [-0.2, 0) is 20.8 Å². The van der Waals surface area contributed by atoms with Gasteiger partial charge in [-0.2, -0.15) is 0 Å². The van der Waals surface area contributed by atoms with Crippen LogP contribution in [-0.4, -0.2) is 64.8 Å². The lowest BCUT2D eigenvalue weighted by molar-refractivity contribution is -0.143. The highest BCUT2D eigenvalue weighted by atomic mass is 16.4. The third-order valence-electron chi connectivity index (χ3n) is 4.90. The molecule has 2 aromatic rings. The Morgan fingerprint density at radius 3 is 2.27 bits per heavy atom. The topological polar surface area (TPSA) is 144 Å². The van der Waals surface area contributed by atoms with Crippen molar-refractivity contribution in [1.29, 1.82) is 0 Å². The summed E-state index contributed by atoms with van der Waals surface area (Å²) in [5.41, 5.74) is 1.71. The number of aliphatic hydroxyl groups excluding tert-OH is 1. The molecular formula is C21H30N4O5. The molecule has 1 aromatic heterocycles. The predicted octanol–water partition coefficient (Wildman–Crippen LogP) is 0.391. The number of H-pyrrole nitrogens is 1. The lowest BCUT2D eigenvalue weighted by Crippen LogP contribution is -2.56. The number of hydrogen-bond donors (Lipinski definition) is 6. The summed E-state index contributed by atoms with van der Waals surface area (Å²) >= 11 is 0. The second kappa shape index (κ2) is 10.7. The van der Waals surface area contributed by atoms with Crippen LogP contribution < -0.4 is 16.0 Å². The highest BCUT2D eigenvalue weighted by Gasteiger charge is 2.29. The standard InChI is InChI=1S/C21H30N4O5/c1-12(2)8-16(22-3)19(27)24-17(20(28)25-18(11-26)21(29)30)9-13-10-23-15-7-5-4-6-14(13)15/h4-7,10,12,16-18,22-23,26H,8-9,11H2,1-3H3,(H,24,27)(H,25,28)(H,29,30)/t16-,17-,18-/m0/s1. The number of hydrogen-bond acceptors (Lipinski definition) is 5. The third kappa shape index (κ3) is 6.04. The molecule has 0 radical (unpaired) electrons. The lowest BCUT2D eigenvalue weighted by atomic mass is 10.0. The average Bonchev–Trinajstić information content (AvgIpc) is 3.11. The van der Waals surface area contributed by atoms with Crippen molar-refractivity contribution in [3.63, 3.8) is 0 Å². The van der Waals surface area contributed by atoms with Crippen molar-refractivity contribution in [1.82, 2.24) is 20.9 Å². The van der Waals surface area contributed by atoms with Crippen LogP contribution in [0.25, 0.3) is 10.9 Å². The molecule has 0 bridgehead atoms. The van der Waals surface area contributed by atoms with Gasteiger partial charge in [-0.1, -0.05) is 32.0 Å². The minimum atomic E-state index is -1.45. The number of aromatic nitrogens is 1. The highest BCUT2D eigenvalue weighted by molar-refractivity contribution is 5.93. The van der Waals surface area contributed by atoms with E-state index in [4.69, 9.17) is 5.11 Å². The van der Waals surface area contributed by atoms with Gasteiger partial charge in [0.25, 0.3) is 0 Å². The van der Waals surface area contributed by atoms with Crippen LogP contribution in [0.3, 0.4) is 0 Å². The molecule has 30 heavy (non-hydrogen) atoms. The first kappa shape index (κ1) is 23.4. The second-order valence-electron chi connectivity index (χ2n) is 7.68. The van der Waals surface area contributed by atoms with Gasteiger partial charge in [-0.05, 0) is 31.0 Å². The van der Waals surface area contributed by atoms with E-state index in [-0.39, 0.29) is 18.2 Å². The maximum Gasteiger partial charge on any atom is 0.328 e. The number of fused-ring (bicyclic) bond motifs is 1. The van der Waals surface area contributed by atoms with E-state index in [0.29, 0.717) is 6.42 Å². The number of amides is 2. The first-order valence-electron chi connectivity index (χ1n) is 9.93. The van der Waals surface area contributed by atoms with Gasteiger partial charge >= 0.3 is 5.97 Å². The number of carboxylic acid groups (broad SMARTS) is 1. The van der Waals surface area contributed by atoms with Crippen molar-refractivity contribution in [3.05, 3.63) is 36.0 Å². The molecule has 2 rings (SSSR count). The van der Waals surface area contributed by atoms with Crippen molar-refractivity contribution >= 4 is 28.7 Å². The average molecular weight is 418 g/mol. The van der Waals surface area contributed by atoms with Crippen molar-refractivity contribution in [3.8, 4) is 0 Å². The summed E-state index contributed by atoms with van der Waals surface area (Å²) in [4.78, 5) is 39.9. The molecule has 1 aromatic carbocycles. The van der Waals surface area contributed by atoms with Gasteiger partial charge in [0.15, 0.2) is 0 Å². The van der Waals surface area contributed by atoms with E-state index in [9.17, 15) is 19.5 Å². The molecule has 0 saturated carbocycles. The summed E-state index contributed by atoms with van der Waals surface area (Å²) in [5, 5.41) is 27.3. The summed E-state index contributed by atoms with van der Waals surface area (Å²) in [6.07, 6.45) is 2.51. The summed E-state index contributed by atoms with van der Waals surface area (Å²) < 4.78 is 0. The molecular weight excluding hydrogens is 388 g/mol. The smallest absolute Gasteiger partial charge is 0.328 e. The molecule has 0 fully saturated rings. The van der Waals surface area contributed by atoms with E-state index < -0.39 is 36.6 Å². The van der Waals surface area contributed by atoms with Crippen molar-refractivity contribution in [2.45, 2.75) is 44.8 Å². The van der Waals surface area contributed by atoms with Gasteiger partial charge in [-0.15, -0.1) is 0 Å². The van der Waals surface area contributed by atoms with Crippen LogP contribution in [0.1, 0.15) is 25.8 Å². The highest BCUT2D eigenvalue weighted by Crippen LogP contribution is 2.19. The number of carbonyl (C=O) groups is 3. The zero-order chi connectivity index (χ0) is 22.3. The Bertz CT molecular complexity index is 879. The molecule has 3 atom stereocenters. The van der Waals surface area contributed by atoms with Gasteiger partial charge in [-0.25, -0.2) is 4.79 Å². The van der Waals surface area contributed by atoms with Crippen molar-refractivity contribution < 1.29 is 24.6 Å². The summed E-state index contributed by atoms with van der Waals surface area (Å²) in [6, 6.07) is 4.62. The quantitative estimate of drug-likeness (QED) is 0.312. The maximum absolute atomic E-state index is 12.8. The van der Waals surface area contributed by atoms with Gasteiger partial charge in [0.1, 0.15) is 12.1 Å². The van der Waals surface area contributed by atoms with Gasteiger partial charge < -0.3 is 31.1 Å². The molecule has 0 aliphatic heterocycles. The van der Waals surface area contributed by atoms with Gasteiger partial charge in [0, 0.05) is 23.5 Å². The van der Waals surface area contributed by atoms with Crippen LogP contribution in [0.15, 0.2) is 30.5 Å². The molecule has 6 N–H and O–H groups in total.